The monoisotopic (exact) mass is 282 g/mol. The number of piperidine rings is 1. The topological polar surface area (TPSA) is 24.5 Å². The Balaban J connectivity index is 2.00. The van der Waals surface area contributed by atoms with Gasteiger partial charge >= 0.3 is 0 Å². The largest absolute Gasteiger partial charge is 0.377 e. The van der Waals surface area contributed by atoms with Crippen molar-refractivity contribution in [2.45, 2.75) is 45.4 Å². The van der Waals surface area contributed by atoms with Crippen molar-refractivity contribution in [3.8, 4) is 0 Å². The molecule has 1 unspecified atom stereocenters. The minimum absolute atomic E-state index is 0.0377. The zero-order valence-electron chi connectivity index (χ0n) is 12.6. The van der Waals surface area contributed by atoms with E-state index in [1.807, 2.05) is 25.5 Å². The number of nitrogens with one attached hydrogen (secondary N) is 1. The lowest BCUT2D eigenvalue weighted by Crippen LogP contribution is -2.46. The Kier molecular flexibility index (Phi) is 5.01. The molecular weight excluding hydrogens is 256 g/mol. The standard InChI is InChI=1S/C15H26N2OS/c1-12-13(8-14(19-12)9-16-3)10-17-7-5-6-15(2,11-17)18-4/h8,16H,5-7,9-11H2,1-4H3. The van der Waals surface area contributed by atoms with E-state index in [9.17, 15) is 0 Å². The van der Waals surface area contributed by atoms with Crippen LogP contribution in [0.15, 0.2) is 6.07 Å². The van der Waals surface area contributed by atoms with Crippen LogP contribution in [0.3, 0.4) is 0 Å². The zero-order chi connectivity index (χ0) is 13.9. The average Bonchev–Trinajstić information content (AvgIpc) is 2.70. The molecule has 4 heteroatoms. The second-order valence-corrected chi connectivity index (χ2v) is 7.13. The molecule has 108 valence electrons. The first-order valence-electron chi connectivity index (χ1n) is 7.06. The van der Waals surface area contributed by atoms with Gasteiger partial charge in [-0.05, 0) is 51.9 Å². The highest BCUT2D eigenvalue weighted by atomic mass is 32.1. The number of hydrogen-bond donors (Lipinski definition) is 1. The summed E-state index contributed by atoms with van der Waals surface area (Å²) in [4.78, 5) is 5.42. The minimum Gasteiger partial charge on any atom is -0.377 e. The number of rotatable bonds is 5. The number of thiophene rings is 1. The fraction of sp³-hybridized carbons (Fsp3) is 0.733. The van der Waals surface area contributed by atoms with Crippen LogP contribution < -0.4 is 5.32 Å². The van der Waals surface area contributed by atoms with Gasteiger partial charge in [-0.15, -0.1) is 11.3 Å². The van der Waals surface area contributed by atoms with Crippen LogP contribution >= 0.6 is 11.3 Å². The molecule has 1 atom stereocenters. The fourth-order valence-corrected chi connectivity index (χ4v) is 3.92. The van der Waals surface area contributed by atoms with E-state index in [-0.39, 0.29) is 5.60 Å². The Morgan fingerprint density at radius 3 is 3.00 bits per heavy atom. The molecule has 0 amide bonds. The summed E-state index contributed by atoms with van der Waals surface area (Å²) in [5.41, 5.74) is 1.52. The highest BCUT2D eigenvalue weighted by Gasteiger charge is 2.30. The number of methoxy groups -OCH3 is 1. The van der Waals surface area contributed by atoms with Gasteiger partial charge in [-0.25, -0.2) is 0 Å². The van der Waals surface area contributed by atoms with E-state index < -0.39 is 0 Å². The van der Waals surface area contributed by atoms with Gasteiger partial charge in [0.25, 0.3) is 0 Å². The van der Waals surface area contributed by atoms with E-state index in [4.69, 9.17) is 4.74 Å². The van der Waals surface area contributed by atoms with E-state index >= 15 is 0 Å². The third kappa shape index (κ3) is 3.78. The molecule has 1 aliphatic heterocycles. The van der Waals surface area contributed by atoms with Crippen LogP contribution in [0.2, 0.25) is 0 Å². The van der Waals surface area contributed by atoms with Gasteiger partial charge in [0.05, 0.1) is 5.60 Å². The predicted octanol–water partition coefficient (Wildman–Crippen LogP) is 2.78. The lowest BCUT2D eigenvalue weighted by Gasteiger charge is -2.39. The van der Waals surface area contributed by atoms with Crippen LogP contribution in [-0.4, -0.2) is 37.7 Å². The van der Waals surface area contributed by atoms with Crippen LogP contribution in [-0.2, 0) is 17.8 Å². The average molecular weight is 282 g/mol. The summed E-state index contributed by atoms with van der Waals surface area (Å²) >= 11 is 1.91. The summed E-state index contributed by atoms with van der Waals surface area (Å²) in [6, 6.07) is 2.36. The second-order valence-electron chi connectivity index (χ2n) is 5.79. The number of hydrogen-bond acceptors (Lipinski definition) is 4. The van der Waals surface area contributed by atoms with E-state index in [2.05, 4.69) is 30.1 Å². The molecule has 0 aliphatic carbocycles. The third-order valence-electron chi connectivity index (χ3n) is 4.05. The van der Waals surface area contributed by atoms with Gasteiger partial charge in [-0.3, -0.25) is 4.90 Å². The lowest BCUT2D eigenvalue weighted by atomic mass is 9.94. The minimum atomic E-state index is 0.0377. The van der Waals surface area contributed by atoms with Gasteiger partial charge in [0.1, 0.15) is 0 Å². The van der Waals surface area contributed by atoms with Crippen LogP contribution in [0.25, 0.3) is 0 Å². The number of nitrogens with zero attached hydrogens (tertiary/aromatic N) is 1. The molecule has 0 saturated carbocycles. The zero-order valence-corrected chi connectivity index (χ0v) is 13.4. The number of aryl methyl sites for hydroxylation is 1. The van der Waals surface area contributed by atoms with Crippen LogP contribution in [0.4, 0.5) is 0 Å². The highest BCUT2D eigenvalue weighted by Crippen LogP contribution is 2.28. The first-order chi connectivity index (χ1) is 9.06. The molecule has 3 nitrogen and oxygen atoms in total. The quantitative estimate of drug-likeness (QED) is 0.899. The van der Waals surface area contributed by atoms with Gasteiger partial charge in [0.2, 0.25) is 0 Å². The molecule has 2 heterocycles. The van der Waals surface area contributed by atoms with E-state index in [0.29, 0.717) is 0 Å². The summed E-state index contributed by atoms with van der Waals surface area (Å²) in [5.74, 6) is 0. The molecule has 1 aromatic rings. The fourth-order valence-electron chi connectivity index (χ4n) is 2.86. The Morgan fingerprint density at radius 2 is 2.32 bits per heavy atom. The Hall–Kier alpha value is -0.420. The molecule has 0 aromatic carbocycles. The molecule has 0 radical (unpaired) electrons. The van der Waals surface area contributed by atoms with Gasteiger partial charge in [0, 0.05) is 36.5 Å². The van der Waals surface area contributed by atoms with E-state index in [1.54, 1.807) is 0 Å². The van der Waals surface area contributed by atoms with Crippen molar-refractivity contribution in [2.75, 3.05) is 27.2 Å². The maximum Gasteiger partial charge on any atom is 0.0777 e. The van der Waals surface area contributed by atoms with Crippen molar-refractivity contribution in [1.29, 1.82) is 0 Å². The van der Waals surface area contributed by atoms with Crippen LogP contribution in [0.5, 0.6) is 0 Å². The summed E-state index contributed by atoms with van der Waals surface area (Å²) in [5, 5.41) is 3.23. The highest BCUT2D eigenvalue weighted by molar-refractivity contribution is 7.12. The molecular formula is C15H26N2OS. The Bertz CT molecular complexity index is 418. The van der Waals surface area contributed by atoms with Gasteiger partial charge < -0.3 is 10.1 Å². The van der Waals surface area contributed by atoms with Gasteiger partial charge in [0.15, 0.2) is 0 Å². The van der Waals surface area contributed by atoms with Crippen molar-refractivity contribution in [3.05, 3.63) is 21.4 Å². The van der Waals surface area contributed by atoms with Crippen molar-refractivity contribution >= 4 is 11.3 Å². The summed E-state index contributed by atoms with van der Waals surface area (Å²) in [6.07, 6.45) is 2.41. The van der Waals surface area contributed by atoms with Crippen molar-refractivity contribution in [1.82, 2.24) is 10.2 Å². The lowest BCUT2D eigenvalue weighted by molar-refractivity contribution is -0.0527. The third-order valence-corrected chi connectivity index (χ3v) is 5.14. The summed E-state index contributed by atoms with van der Waals surface area (Å²) in [7, 11) is 3.84. The van der Waals surface area contributed by atoms with Crippen LogP contribution in [0, 0.1) is 6.92 Å². The maximum absolute atomic E-state index is 5.67. The number of likely N-dealkylation sites (tertiary alicyclic amines) is 1. The van der Waals surface area contributed by atoms with Gasteiger partial charge in [-0.1, -0.05) is 0 Å². The first kappa shape index (κ1) is 15.0. The summed E-state index contributed by atoms with van der Waals surface area (Å²) in [6.45, 7) is 8.73. The Labute approximate surface area is 121 Å². The van der Waals surface area contributed by atoms with E-state index in [1.165, 1.54) is 34.7 Å². The van der Waals surface area contributed by atoms with Crippen LogP contribution in [0.1, 0.15) is 35.1 Å². The molecule has 1 N–H and O–H groups in total. The molecule has 1 saturated heterocycles. The molecule has 1 aromatic heterocycles. The van der Waals surface area contributed by atoms with Gasteiger partial charge in [-0.2, -0.15) is 0 Å². The molecule has 1 aliphatic rings. The van der Waals surface area contributed by atoms with Crippen molar-refractivity contribution in [3.63, 3.8) is 0 Å². The normalized spacial score (nSPS) is 24.8. The maximum atomic E-state index is 5.67. The molecule has 1 fully saturated rings. The summed E-state index contributed by atoms with van der Waals surface area (Å²) < 4.78 is 5.67. The molecule has 19 heavy (non-hydrogen) atoms. The molecule has 0 spiro atoms. The molecule has 0 bridgehead atoms. The SMILES string of the molecule is CNCc1cc(CN2CCCC(C)(OC)C2)c(C)s1. The second kappa shape index (κ2) is 6.35. The van der Waals surface area contributed by atoms with Crippen molar-refractivity contribution in [2.24, 2.45) is 0 Å². The van der Waals surface area contributed by atoms with Crippen molar-refractivity contribution < 1.29 is 4.74 Å². The Morgan fingerprint density at radius 1 is 1.53 bits per heavy atom. The number of ether oxygens (including phenoxy) is 1. The van der Waals surface area contributed by atoms with E-state index in [0.717, 1.165) is 19.6 Å². The first-order valence-corrected chi connectivity index (χ1v) is 7.88. The molecule has 2 rings (SSSR count). The predicted molar refractivity (Wildman–Crippen MR) is 81.7 cm³/mol. The smallest absolute Gasteiger partial charge is 0.0777 e.